The predicted molar refractivity (Wildman–Crippen MR) is 98.1 cm³/mol. The summed E-state index contributed by atoms with van der Waals surface area (Å²) < 4.78 is 29.8. The van der Waals surface area contributed by atoms with E-state index in [2.05, 4.69) is 5.32 Å². The number of thioether (sulfide) groups is 1. The molecule has 0 atom stereocenters. The van der Waals surface area contributed by atoms with Crippen molar-refractivity contribution in [1.29, 1.82) is 0 Å². The number of anilines is 1. The molecule has 7 heteroatoms. The number of rotatable bonds is 9. The maximum atomic E-state index is 12.3. The van der Waals surface area contributed by atoms with Gasteiger partial charge in [0, 0.05) is 29.0 Å². The summed E-state index contributed by atoms with van der Waals surface area (Å²) in [6.45, 7) is 2.43. The smallest absolute Gasteiger partial charge is 0.288 e. The summed E-state index contributed by atoms with van der Waals surface area (Å²) in [6.07, 6.45) is 0.124. The molecule has 0 heterocycles. The van der Waals surface area contributed by atoms with Crippen molar-refractivity contribution >= 4 is 29.1 Å². The van der Waals surface area contributed by atoms with Gasteiger partial charge in [-0.2, -0.15) is 8.78 Å². The summed E-state index contributed by atoms with van der Waals surface area (Å²) in [7, 11) is 0. The third-order valence-electron chi connectivity index (χ3n) is 3.43. The lowest BCUT2D eigenvalue weighted by molar-refractivity contribution is -0.116. The van der Waals surface area contributed by atoms with E-state index < -0.39 is 5.76 Å². The maximum Gasteiger partial charge on any atom is 0.288 e. The molecule has 26 heavy (non-hydrogen) atoms. The van der Waals surface area contributed by atoms with Crippen LogP contribution in [0, 0.1) is 0 Å². The Labute approximate surface area is 154 Å². The van der Waals surface area contributed by atoms with Crippen LogP contribution in [0.25, 0.3) is 0 Å². The monoisotopic (exact) mass is 379 g/mol. The molecule has 2 aromatic carbocycles. The predicted octanol–water partition coefficient (Wildman–Crippen LogP) is 5.00. The number of ether oxygens (including phenoxy) is 1. The van der Waals surface area contributed by atoms with Crippen molar-refractivity contribution in [3.63, 3.8) is 0 Å². The fourth-order valence-electron chi connectivity index (χ4n) is 2.22. The summed E-state index contributed by atoms with van der Waals surface area (Å²) in [5.41, 5.74) is 1.02. The van der Waals surface area contributed by atoms with Gasteiger partial charge in [0.2, 0.25) is 5.91 Å². The van der Waals surface area contributed by atoms with Gasteiger partial charge in [-0.15, -0.1) is 0 Å². The highest BCUT2D eigenvalue weighted by molar-refractivity contribution is 7.99. The van der Waals surface area contributed by atoms with Gasteiger partial charge in [-0.3, -0.25) is 9.59 Å². The van der Waals surface area contributed by atoms with Crippen LogP contribution in [0.2, 0.25) is 0 Å². The van der Waals surface area contributed by atoms with Gasteiger partial charge in [0.05, 0.1) is 6.61 Å². The molecule has 0 saturated carbocycles. The summed E-state index contributed by atoms with van der Waals surface area (Å²) in [6, 6.07) is 12.9. The Hall–Kier alpha value is -2.41. The zero-order valence-corrected chi connectivity index (χ0v) is 15.0. The summed E-state index contributed by atoms with van der Waals surface area (Å²) in [5, 5.41) is 2.65. The summed E-state index contributed by atoms with van der Waals surface area (Å²) >= 11 is 0.442. The normalized spacial score (nSPS) is 10.6. The van der Waals surface area contributed by atoms with Crippen LogP contribution < -0.4 is 10.1 Å². The average Bonchev–Trinajstić information content (AvgIpc) is 2.62. The van der Waals surface area contributed by atoms with Crippen LogP contribution in [0.5, 0.6) is 5.75 Å². The van der Waals surface area contributed by atoms with Gasteiger partial charge in [0.15, 0.2) is 5.78 Å². The molecule has 0 fully saturated rings. The summed E-state index contributed by atoms with van der Waals surface area (Å²) in [5.74, 6) is -2.23. The van der Waals surface area contributed by atoms with Crippen LogP contribution in [-0.4, -0.2) is 24.1 Å². The minimum Gasteiger partial charge on any atom is -0.494 e. The van der Waals surface area contributed by atoms with E-state index in [0.29, 0.717) is 40.3 Å². The molecule has 2 rings (SSSR count). The van der Waals surface area contributed by atoms with Crippen molar-refractivity contribution in [2.75, 3.05) is 11.9 Å². The Bertz CT molecular complexity index is 733. The van der Waals surface area contributed by atoms with E-state index in [1.54, 1.807) is 36.4 Å². The molecule has 1 amide bonds. The van der Waals surface area contributed by atoms with Crippen molar-refractivity contribution in [3.8, 4) is 5.75 Å². The standard InChI is InChI=1S/C19H19F2NO3S/c1-2-25-15-7-3-13(4-8-15)17(23)11-12-18(24)22-14-5-9-16(10-6-14)26-19(20)21/h3-10,19H,2,11-12H2,1H3,(H,22,24). The molecule has 0 unspecified atom stereocenters. The number of carbonyl (C=O) groups excluding carboxylic acids is 2. The third-order valence-corrected chi connectivity index (χ3v) is 4.15. The van der Waals surface area contributed by atoms with E-state index >= 15 is 0 Å². The largest absolute Gasteiger partial charge is 0.494 e. The number of amides is 1. The number of carbonyl (C=O) groups is 2. The van der Waals surface area contributed by atoms with Gasteiger partial charge < -0.3 is 10.1 Å². The fraction of sp³-hybridized carbons (Fsp3) is 0.263. The molecular weight excluding hydrogens is 360 g/mol. The Morgan fingerprint density at radius 2 is 1.69 bits per heavy atom. The molecule has 0 saturated heterocycles. The van der Waals surface area contributed by atoms with Crippen molar-refractivity contribution in [2.24, 2.45) is 0 Å². The van der Waals surface area contributed by atoms with Crippen molar-refractivity contribution in [3.05, 3.63) is 54.1 Å². The molecule has 0 aromatic heterocycles. The first-order valence-electron chi connectivity index (χ1n) is 8.08. The molecule has 138 valence electrons. The molecular formula is C19H19F2NO3S. The second-order valence-electron chi connectivity index (χ2n) is 5.33. The topological polar surface area (TPSA) is 55.4 Å². The van der Waals surface area contributed by atoms with Crippen LogP contribution in [0.3, 0.4) is 0 Å². The number of ketones is 1. The molecule has 0 aliphatic rings. The van der Waals surface area contributed by atoms with Crippen LogP contribution in [0.15, 0.2) is 53.4 Å². The van der Waals surface area contributed by atoms with Gasteiger partial charge >= 0.3 is 0 Å². The molecule has 1 N–H and O–H groups in total. The number of halogens is 2. The second-order valence-corrected chi connectivity index (χ2v) is 6.40. The van der Waals surface area contributed by atoms with Crippen LogP contribution in [0.4, 0.5) is 14.5 Å². The lowest BCUT2D eigenvalue weighted by atomic mass is 10.1. The van der Waals surface area contributed by atoms with E-state index in [1.165, 1.54) is 12.1 Å². The molecule has 0 spiro atoms. The lowest BCUT2D eigenvalue weighted by Crippen LogP contribution is -2.13. The minimum absolute atomic E-state index is 0.0413. The average molecular weight is 379 g/mol. The van der Waals surface area contributed by atoms with Crippen LogP contribution >= 0.6 is 11.8 Å². The van der Waals surface area contributed by atoms with Crippen molar-refractivity contribution < 1.29 is 23.1 Å². The number of hydrogen-bond acceptors (Lipinski definition) is 4. The highest BCUT2D eigenvalue weighted by atomic mass is 32.2. The zero-order valence-electron chi connectivity index (χ0n) is 14.2. The van der Waals surface area contributed by atoms with Gasteiger partial charge in [-0.25, -0.2) is 0 Å². The van der Waals surface area contributed by atoms with E-state index in [4.69, 9.17) is 4.74 Å². The number of nitrogens with one attached hydrogen (secondary N) is 1. The van der Waals surface area contributed by atoms with Gasteiger partial charge in [0.1, 0.15) is 5.75 Å². The van der Waals surface area contributed by atoms with Crippen LogP contribution in [-0.2, 0) is 4.79 Å². The Kier molecular flexibility index (Phi) is 7.59. The number of alkyl halides is 2. The Morgan fingerprint density at radius 1 is 1.04 bits per heavy atom. The van der Waals surface area contributed by atoms with Crippen molar-refractivity contribution in [2.45, 2.75) is 30.4 Å². The molecule has 0 aliphatic carbocycles. The van der Waals surface area contributed by atoms with E-state index in [0.717, 1.165) is 0 Å². The lowest BCUT2D eigenvalue weighted by Gasteiger charge is -2.07. The highest BCUT2D eigenvalue weighted by Crippen LogP contribution is 2.26. The van der Waals surface area contributed by atoms with E-state index in [9.17, 15) is 18.4 Å². The number of Topliss-reactive ketones (excluding diaryl/α,β-unsaturated/α-hetero) is 1. The third kappa shape index (κ3) is 6.48. The summed E-state index contributed by atoms with van der Waals surface area (Å²) in [4.78, 5) is 24.5. The first-order chi connectivity index (χ1) is 12.5. The first-order valence-corrected chi connectivity index (χ1v) is 8.96. The molecule has 0 bridgehead atoms. The van der Waals surface area contributed by atoms with Crippen LogP contribution in [0.1, 0.15) is 30.1 Å². The Balaban J connectivity index is 1.81. The number of benzene rings is 2. The molecule has 0 radical (unpaired) electrons. The Morgan fingerprint density at radius 3 is 2.27 bits per heavy atom. The fourth-order valence-corrected chi connectivity index (χ4v) is 2.72. The maximum absolute atomic E-state index is 12.3. The SMILES string of the molecule is CCOc1ccc(C(=O)CCC(=O)Nc2ccc(SC(F)F)cc2)cc1. The van der Waals surface area contributed by atoms with Gasteiger partial charge in [-0.05, 0) is 55.5 Å². The first kappa shape index (κ1) is 19.9. The minimum atomic E-state index is -2.48. The molecule has 4 nitrogen and oxygen atoms in total. The second kappa shape index (κ2) is 9.91. The van der Waals surface area contributed by atoms with Gasteiger partial charge in [-0.1, -0.05) is 11.8 Å². The molecule has 2 aromatic rings. The van der Waals surface area contributed by atoms with Crippen molar-refractivity contribution in [1.82, 2.24) is 0 Å². The zero-order chi connectivity index (χ0) is 18.9. The number of hydrogen-bond donors (Lipinski definition) is 1. The van der Waals surface area contributed by atoms with Gasteiger partial charge in [0.25, 0.3) is 5.76 Å². The van der Waals surface area contributed by atoms with E-state index in [-0.39, 0.29) is 24.5 Å². The highest BCUT2D eigenvalue weighted by Gasteiger charge is 2.10. The quantitative estimate of drug-likeness (QED) is 0.492. The molecule has 0 aliphatic heterocycles. The van der Waals surface area contributed by atoms with E-state index in [1.807, 2.05) is 6.92 Å².